The summed E-state index contributed by atoms with van der Waals surface area (Å²) >= 11 is 0. The molecule has 0 spiro atoms. The molecule has 3 atom stereocenters. The number of nitrogens with one attached hydrogen (secondary N) is 2. The summed E-state index contributed by atoms with van der Waals surface area (Å²) in [6, 6.07) is 19.7. The second-order valence-electron chi connectivity index (χ2n) is 13.4. The molecule has 0 radical (unpaired) electrons. The van der Waals surface area contributed by atoms with Gasteiger partial charge in [0.25, 0.3) is 5.91 Å². The van der Waals surface area contributed by atoms with Crippen molar-refractivity contribution in [3.05, 3.63) is 83.4 Å². The fourth-order valence-electron chi connectivity index (χ4n) is 6.28. The number of para-hydroxylation sites is 2. The minimum Gasteiger partial charge on any atom is -0.488 e. The SMILES string of the molecule is C[C@@H]1CN([C@@H](C)CO)C(=O)Cc2cc(NC(=O)CCN3CCOCC3)ccc2O[C@@H]1CN(C)Cc1ccc(C(=O)Nc2ccccc2N)cc1. The molecule has 0 aromatic heterocycles. The summed E-state index contributed by atoms with van der Waals surface area (Å²) in [6.07, 6.45) is 0.163. The van der Waals surface area contributed by atoms with E-state index in [1.54, 1.807) is 29.2 Å². The van der Waals surface area contributed by atoms with Crippen LogP contribution in [-0.2, 0) is 27.3 Å². The van der Waals surface area contributed by atoms with Crippen molar-refractivity contribution in [2.75, 3.05) is 76.0 Å². The molecule has 0 bridgehead atoms. The molecule has 12 nitrogen and oxygen atoms in total. The monoisotopic (exact) mass is 686 g/mol. The molecule has 2 aliphatic heterocycles. The van der Waals surface area contributed by atoms with Gasteiger partial charge >= 0.3 is 0 Å². The van der Waals surface area contributed by atoms with E-state index in [-0.39, 0.29) is 48.8 Å². The Kier molecular flexibility index (Phi) is 12.8. The van der Waals surface area contributed by atoms with Crippen molar-refractivity contribution in [3.8, 4) is 5.75 Å². The number of hydrogen-bond donors (Lipinski definition) is 4. The van der Waals surface area contributed by atoms with Gasteiger partial charge in [-0.1, -0.05) is 31.2 Å². The number of hydrogen-bond acceptors (Lipinski definition) is 9. The average molecular weight is 687 g/mol. The zero-order valence-corrected chi connectivity index (χ0v) is 29.3. The van der Waals surface area contributed by atoms with E-state index in [1.165, 1.54) is 0 Å². The summed E-state index contributed by atoms with van der Waals surface area (Å²) in [5.74, 6) is 0.110. The van der Waals surface area contributed by atoms with E-state index in [9.17, 15) is 19.5 Å². The van der Waals surface area contributed by atoms with Gasteiger partial charge in [-0.05, 0) is 62.0 Å². The molecule has 3 aromatic rings. The molecule has 0 saturated carbocycles. The van der Waals surface area contributed by atoms with E-state index in [0.717, 1.165) is 18.7 Å². The van der Waals surface area contributed by atoms with Crippen molar-refractivity contribution < 1.29 is 29.0 Å². The Labute approximate surface area is 294 Å². The van der Waals surface area contributed by atoms with Crippen molar-refractivity contribution >= 4 is 34.8 Å². The number of aliphatic hydroxyl groups is 1. The van der Waals surface area contributed by atoms with E-state index in [4.69, 9.17) is 15.2 Å². The summed E-state index contributed by atoms with van der Waals surface area (Å²) in [5, 5.41) is 15.9. The third-order valence-electron chi connectivity index (χ3n) is 9.33. The van der Waals surface area contributed by atoms with Crippen LogP contribution in [0.5, 0.6) is 5.75 Å². The smallest absolute Gasteiger partial charge is 0.255 e. The lowest BCUT2D eigenvalue weighted by molar-refractivity contribution is -0.134. The van der Waals surface area contributed by atoms with Gasteiger partial charge in [-0.3, -0.25) is 24.2 Å². The standard InChI is InChI=1S/C38H50N6O6/c1-26-22-44(27(2)25-45)37(47)21-30-20-31(40-36(46)14-15-43-16-18-49-19-17-43)12-13-34(30)50-35(26)24-42(3)23-28-8-10-29(11-9-28)38(48)41-33-7-5-4-6-32(33)39/h4-13,20,26-27,35,45H,14-19,21-25,39H2,1-3H3,(H,40,46)(H,41,48)/t26-,27+,35-/m1/s1. The normalized spacial score (nSPS) is 19.1. The van der Waals surface area contributed by atoms with Crippen molar-refractivity contribution in [3.63, 3.8) is 0 Å². The number of nitrogens with two attached hydrogens (primary N) is 1. The van der Waals surface area contributed by atoms with Crippen LogP contribution in [0.4, 0.5) is 17.1 Å². The van der Waals surface area contributed by atoms with Gasteiger partial charge in [-0.25, -0.2) is 0 Å². The molecular formula is C38H50N6O6. The number of amides is 3. The minimum absolute atomic E-state index is 0.0580. The Morgan fingerprint density at radius 2 is 1.80 bits per heavy atom. The predicted octanol–water partition coefficient (Wildman–Crippen LogP) is 3.46. The maximum absolute atomic E-state index is 13.6. The Morgan fingerprint density at radius 1 is 1.06 bits per heavy atom. The lowest BCUT2D eigenvalue weighted by Crippen LogP contribution is -2.47. The molecule has 50 heavy (non-hydrogen) atoms. The summed E-state index contributed by atoms with van der Waals surface area (Å²) in [6.45, 7) is 9.01. The number of likely N-dealkylation sites (N-methyl/N-ethyl adjacent to an activating group) is 1. The fourth-order valence-corrected chi connectivity index (χ4v) is 6.28. The first kappa shape index (κ1) is 36.8. The van der Waals surface area contributed by atoms with Crippen LogP contribution in [0.3, 0.4) is 0 Å². The summed E-state index contributed by atoms with van der Waals surface area (Å²) in [5.41, 5.74) is 9.90. The largest absolute Gasteiger partial charge is 0.488 e. The Bertz CT molecular complexity index is 1610. The van der Waals surface area contributed by atoms with Crippen LogP contribution in [-0.4, -0.2) is 109 Å². The molecule has 3 amide bonds. The highest BCUT2D eigenvalue weighted by atomic mass is 16.5. The van der Waals surface area contributed by atoms with Gasteiger partial charge in [0.2, 0.25) is 11.8 Å². The molecule has 2 heterocycles. The minimum atomic E-state index is -0.359. The lowest BCUT2D eigenvalue weighted by atomic mass is 10.0. The van der Waals surface area contributed by atoms with Crippen LogP contribution in [0.1, 0.15) is 41.8 Å². The second kappa shape index (κ2) is 17.4. The third-order valence-corrected chi connectivity index (χ3v) is 9.33. The molecule has 1 saturated heterocycles. The quantitative estimate of drug-likeness (QED) is 0.210. The van der Waals surface area contributed by atoms with Crippen LogP contribution >= 0.6 is 0 Å². The first-order chi connectivity index (χ1) is 24.1. The molecule has 2 aliphatic rings. The second-order valence-corrected chi connectivity index (χ2v) is 13.4. The summed E-state index contributed by atoms with van der Waals surface area (Å²) < 4.78 is 12.1. The summed E-state index contributed by atoms with van der Waals surface area (Å²) in [4.78, 5) is 45.3. The number of anilines is 3. The first-order valence-corrected chi connectivity index (χ1v) is 17.3. The van der Waals surface area contributed by atoms with Crippen LogP contribution < -0.4 is 21.1 Å². The van der Waals surface area contributed by atoms with Crippen molar-refractivity contribution in [1.82, 2.24) is 14.7 Å². The van der Waals surface area contributed by atoms with Crippen LogP contribution in [0.15, 0.2) is 66.7 Å². The number of ether oxygens (including phenoxy) is 2. The van der Waals surface area contributed by atoms with Crippen molar-refractivity contribution in [1.29, 1.82) is 0 Å². The maximum atomic E-state index is 13.6. The Morgan fingerprint density at radius 3 is 2.52 bits per heavy atom. The number of carbonyl (C=O) groups excluding carboxylic acids is 3. The first-order valence-electron chi connectivity index (χ1n) is 17.3. The van der Waals surface area contributed by atoms with E-state index >= 15 is 0 Å². The van der Waals surface area contributed by atoms with E-state index in [0.29, 0.717) is 79.8 Å². The zero-order chi connectivity index (χ0) is 35.6. The lowest BCUT2D eigenvalue weighted by Gasteiger charge is -2.34. The number of benzene rings is 3. The molecule has 0 aliphatic carbocycles. The van der Waals surface area contributed by atoms with Gasteiger partial charge in [0.1, 0.15) is 11.9 Å². The van der Waals surface area contributed by atoms with Crippen LogP contribution in [0, 0.1) is 5.92 Å². The third kappa shape index (κ3) is 10.0. The topological polar surface area (TPSA) is 150 Å². The van der Waals surface area contributed by atoms with E-state index < -0.39 is 0 Å². The maximum Gasteiger partial charge on any atom is 0.255 e. The molecular weight excluding hydrogens is 636 g/mol. The van der Waals surface area contributed by atoms with Gasteiger partial charge in [0.15, 0.2) is 0 Å². The Hall–Kier alpha value is -4.49. The van der Waals surface area contributed by atoms with Gasteiger partial charge in [0, 0.05) is 68.4 Å². The number of carbonyl (C=O) groups is 3. The number of rotatable bonds is 12. The number of morpholine rings is 1. The highest BCUT2D eigenvalue weighted by Crippen LogP contribution is 2.29. The molecule has 5 N–H and O–H groups in total. The van der Waals surface area contributed by atoms with E-state index in [2.05, 4.69) is 27.4 Å². The fraction of sp³-hybridized carbons (Fsp3) is 0.447. The highest BCUT2D eigenvalue weighted by Gasteiger charge is 2.31. The molecule has 12 heteroatoms. The Balaban J connectivity index is 1.26. The number of fused-ring (bicyclic) bond motifs is 1. The number of nitrogens with zero attached hydrogens (tertiary/aromatic N) is 3. The molecule has 3 aromatic carbocycles. The highest BCUT2D eigenvalue weighted by molar-refractivity contribution is 6.05. The molecule has 0 unspecified atom stereocenters. The van der Waals surface area contributed by atoms with Gasteiger partial charge in [0.05, 0.1) is 43.7 Å². The molecule has 5 rings (SSSR count). The van der Waals surface area contributed by atoms with Crippen molar-refractivity contribution in [2.45, 2.75) is 45.4 Å². The average Bonchev–Trinajstić information content (AvgIpc) is 3.15. The van der Waals surface area contributed by atoms with Gasteiger partial charge < -0.3 is 35.8 Å². The predicted molar refractivity (Wildman–Crippen MR) is 194 cm³/mol. The molecule has 1 fully saturated rings. The molecule has 268 valence electrons. The van der Waals surface area contributed by atoms with Crippen LogP contribution in [0.25, 0.3) is 0 Å². The van der Waals surface area contributed by atoms with Gasteiger partial charge in [-0.2, -0.15) is 0 Å². The van der Waals surface area contributed by atoms with Crippen LogP contribution in [0.2, 0.25) is 0 Å². The van der Waals surface area contributed by atoms with E-state index in [1.807, 2.05) is 56.4 Å². The number of aliphatic hydroxyl groups excluding tert-OH is 1. The zero-order valence-electron chi connectivity index (χ0n) is 29.3. The van der Waals surface area contributed by atoms with Gasteiger partial charge in [-0.15, -0.1) is 0 Å². The summed E-state index contributed by atoms with van der Waals surface area (Å²) in [7, 11) is 2.01. The van der Waals surface area contributed by atoms with Crippen molar-refractivity contribution in [2.24, 2.45) is 5.92 Å². The number of nitrogen functional groups attached to an aromatic ring is 1.